The molecule has 0 bridgehead atoms. The normalized spacial score (nSPS) is 22.2. The van der Waals surface area contributed by atoms with Gasteiger partial charge in [0.15, 0.2) is 5.69 Å². The maximum atomic E-state index is 13.8. The Labute approximate surface area is 203 Å². The second-order valence-electron chi connectivity index (χ2n) is 9.77. The van der Waals surface area contributed by atoms with Crippen LogP contribution < -0.4 is 5.32 Å². The summed E-state index contributed by atoms with van der Waals surface area (Å²) in [4.78, 5) is 33.8. The van der Waals surface area contributed by atoms with Gasteiger partial charge in [-0.15, -0.1) is 0 Å². The first-order chi connectivity index (χ1) is 16.8. The third kappa shape index (κ3) is 6.58. The number of carbonyl (C=O) groups excluding carboxylic acids is 1. The topological polar surface area (TPSA) is 119 Å². The molecule has 14 heteroatoms. The minimum Gasteiger partial charge on any atom is -0.465 e. The summed E-state index contributed by atoms with van der Waals surface area (Å²) in [5.41, 5.74) is -0.828. The van der Waals surface area contributed by atoms with E-state index in [0.29, 0.717) is 6.42 Å². The molecule has 3 aliphatic rings. The van der Waals surface area contributed by atoms with Crippen molar-refractivity contribution in [1.82, 2.24) is 25.1 Å². The molecule has 0 aromatic carbocycles. The number of nitrogens with zero attached hydrogens (tertiary/aromatic N) is 4. The van der Waals surface area contributed by atoms with Crippen LogP contribution in [0.2, 0.25) is 0 Å². The molecular formula is C22H28F5N5O4. The van der Waals surface area contributed by atoms with Crippen molar-refractivity contribution >= 4 is 12.0 Å². The van der Waals surface area contributed by atoms with Gasteiger partial charge in [-0.25, -0.2) is 23.5 Å². The number of aliphatic hydroxyl groups excluding tert-OH is 1. The van der Waals surface area contributed by atoms with Crippen LogP contribution in [-0.4, -0.2) is 79.8 Å². The quantitative estimate of drug-likeness (QED) is 0.450. The maximum Gasteiger partial charge on any atom is 0.433 e. The Morgan fingerprint density at radius 1 is 1.22 bits per heavy atom. The lowest BCUT2D eigenvalue weighted by atomic mass is 10.0. The van der Waals surface area contributed by atoms with Gasteiger partial charge in [0.2, 0.25) is 5.91 Å². The van der Waals surface area contributed by atoms with Crippen LogP contribution in [0.3, 0.4) is 0 Å². The predicted molar refractivity (Wildman–Crippen MR) is 114 cm³/mol. The van der Waals surface area contributed by atoms with E-state index < -0.39 is 55.0 Å². The molecule has 1 aromatic rings. The molecular weight excluding hydrogens is 493 g/mol. The zero-order valence-electron chi connectivity index (χ0n) is 19.4. The number of aromatic nitrogens is 2. The SMILES string of the molecule is O=C(O)N[C@@H](CC(O)N1CCc2c(nc(CC3CC3)nc2C(F)(F)F)C1)CN1CC(F)(F)CCC1=O. The van der Waals surface area contributed by atoms with Crippen LogP contribution in [0.15, 0.2) is 0 Å². The molecule has 4 rings (SSSR count). The van der Waals surface area contributed by atoms with Crippen LogP contribution in [0.25, 0.3) is 0 Å². The third-order valence-electron chi connectivity index (χ3n) is 6.74. The number of piperidine rings is 1. The second-order valence-corrected chi connectivity index (χ2v) is 9.77. The van der Waals surface area contributed by atoms with E-state index in [2.05, 4.69) is 15.3 Å². The summed E-state index contributed by atoms with van der Waals surface area (Å²) < 4.78 is 68.6. The third-order valence-corrected chi connectivity index (χ3v) is 6.74. The number of hydrogen-bond acceptors (Lipinski definition) is 6. The van der Waals surface area contributed by atoms with Crippen molar-refractivity contribution < 1.29 is 41.8 Å². The summed E-state index contributed by atoms with van der Waals surface area (Å²) in [7, 11) is 0. The number of halogens is 5. The molecule has 1 saturated heterocycles. The molecule has 2 fully saturated rings. The van der Waals surface area contributed by atoms with E-state index in [4.69, 9.17) is 5.11 Å². The van der Waals surface area contributed by atoms with Crippen LogP contribution in [0.5, 0.6) is 0 Å². The molecule has 3 heterocycles. The molecule has 3 N–H and O–H groups in total. The molecule has 9 nitrogen and oxygen atoms in total. The highest BCUT2D eigenvalue weighted by atomic mass is 19.4. The first-order valence-corrected chi connectivity index (χ1v) is 11.8. The van der Waals surface area contributed by atoms with E-state index in [1.165, 1.54) is 4.90 Å². The van der Waals surface area contributed by atoms with Crippen molar-refractivity contribution in [3.05, 3.63) is 22.8 Å². The van der Waals surface area contributed by atoms with Gasteiger partial charge in [0.25, 0.3) is 5.92 Å². The lowest BCUT2D eigenvalue weighted by Gasteiger charge is -2.37. The standard InChI is InChI=1S/C22H28F5N5O4/c23-21(24)5-3-17(33)32(11-21)9-13(28-20(35)36)8-18(34)31-6-4-14-15(10-31)29-16(7-12-1-2-12)30-19(14)22(25,26)27/h12-13,18,28,34H,1-11H2,(H,35,36)/t13-,18?/m0/s1. The average Bonchev–Trinajstić information content (AvgIpc) is 3.58. The van der Waals surface area contributed by atoms with Crippen molar-refractivity contribution in [2.75, 3.05) is 19.6 Å². The Morgan fingerprint density at radius 2 is 1.94 bits per heavy atom. The van der Waals surface area contributed by atoms with E-state index in [-0.39, 0.29) is 61.9 Å². The summed E-state index contributed by atoms with van der Waals surface area (Å²) in [6.07, 6.45) is -6.54. The van der Waals surface area contributed by atoms with Crippen molar-refractivity contribution in [2.45, 2.75) is 75.9 Å². The summed E-state index contributed by atoms with van der Waals surface area (Å²) in [6, 6.07) is -1.07. The lowest BCUT2D eigenvalue weighted by Crippen LogP contribution is -2.54. The van der Waals surface area contributed by atoms with Crippen molar-refractivity contribution in [3.63, 3.8) is 0 Å². The lowest BCUT2D eigenvalue weighted by molar-refractivity contribution is -0.148. The maximum absolute atomic E-state index is 13.8. The number of alkyl halides is 5. The van der Waals surface area contributed by atoms with Gasteiger partial charge in [-0.2, -0.15) is 13.2 Å². The van der Waals surface area contributed by atoms with Crippen molar-refractivity contribution in [3.8, 4) is 0 Å². The number of carbonyl (C=O) groups is 2. The van der Waals surface area contributed by atoms with Gasteiger partial charge >= 0.3 is 12.3 Å². The number of hydrogen-bond donors (Lipinski definition) is 3. The Bertz CT molecular complexity index is 1000. The summed E-state index contributed by atoms with van der Waals surface area (Å²) in [5.74, 6) is -3.26. The summed E-state index contributed by atoms with van der Waals surface area (Å²) in [5, 5.41) is 22.1. The fourth-order valence-corrected chi connectivity index (χ4v) is 4.75. The monoisotopic (exact) mass is 521 g/mol. The first kappa shape index (κ1) is 26.5. The highest BCUT2D eigenvalue weighted by Crippen LogP contribution is 2.36. The minimum atomic E-state index is -4.65. The fourth-order valence-electron chi connectivity index (χ4n) is 4.75. The van der Waals surface area contributed by atoms with E-state index in [1.54, 1.807) is 0 Å². The highest BCUT2D eigenvalue weighted by Gasteiger charge is 2.41. The number of amides is 2. The van der Waals surface area contributed by atoms with Crippen LogP contribution in [-0.2, 0) is 30.4 Å². The van der Waals surface area contributed by atoms with E-state index in [0.717, 1.165) is 17.7 Å². The van der Waals surface area contributed by atoms with Crippen LogP contribution in [0, 0.1) is 5.92 Å². The van der Waals surface area contributed by atoms with Crippen LogP contribution >= 0.6 is 0 Å². The van der Waals surface area contributed by atoms with Gasteiger partial charge in [-0.1, -0.05) is 0 Å². The summed E-state index contributed by atoms with van der Waals surface area (Å²) >= 11 is 0. The largest absolute Gasteiger partial charge is 0.465 e. The molecule has 36 heavy (non-hydrogen) atoms. The van der Waals surface area contributed by atoms with E-state index >= 15 is 0 Å². The predicted octanol–water partition coefficient (Wildman–Crippen LogP) is 2.41. The number of carboxylic acid groups (broad SMARTS) is 1. The van der Waals surface area contributed by atoms with Gasteiger partial charge in [0, 0.05) is 50.9 Å². The zero-order valence-corrected chi connectivity index (χ0v) is 19.4. The first-order valence-electron chi connectivity index (χ1n) is 11.8. The molecule has 2 aliphatic heterocycles. The molecule has 1 aliphatic carbocycles. The van der Waals surface area contributed by atoms with Crippen LogP contribution in [0.1, 0.15) is 54.9 Å². The van der Waals surface area contributed by atoms with E-state index in [9.17, 15) is 36.6 Å². The molecule has 0 radical (unpaired) electrons. The highest BCUT2D eigenvalue weighted by molar-refractivity contribution is 5.77. The second kappa shape index (κ2) is 10.0. The Balaban J connectivity index is 1.47. The van der Waals surface area contributed by atoms with Gasteiger partial charge in [-0.05, 0) is 25.2 Å². The minimum absolute atomic E-state index is 0.0214. The molecule has 1 saturated carbocycles. The molecule has 0 spiro atoms. The van der Waals surface area contributed by atoms with Crippen molar-refractivity contribution in [2.24, 2.45) is 5.92 Å². The fraction of sp³-hybridized carbons (Fsp3) is 0.727. The number of rotatable bonds is 8. The number of likely N-dealkylation sites (tertiary alicyclic amines) is 1. The molecule has 2 amide bonds. The van der Waals surface area contributed by atoms with Gasteiger partial charge in [0.1, 0.15) is 12.1 Å². The van der Waals surface area contributed by atoms with Crippen molar-refractivity contribution in [1.29, 1.82) is 0 Å². The van der Waals surface area contributed by atoms with Crippen LogP contribution in [0.4, 0.5) is 26.7 Å². The number of aliphatic hydroxyl groups is 1. The molecule has 1 unspecified atom stereocenters. The smallest absolute Gasteiger partial charge is 0.433 e. The Kier molecular flexibility index (Phi) is 7.37. The number of fused-ring (bicyclic) bond motifs is 1. The Morgan fingerprint density at radius 3 is 2.58 bits per heavy atom. The number of nitrogens with one attached hydrogen (secondary N) is 1. The average molecular weight is 521 g/mol. The summed E-state index contributed by atoms with van der Waals surface area (Å²) in [6.45, 7) is -1.30. The molecule has 200 valence electrons. The molecule has 1 aromatic heterocycles. The Hall–Kier alpha value is -2.61. The van der Waals surface area contributed by atoms with Gasteiger partial charge in [0.05, 0.1) is 18.3 Å². The van der Waals surface area contributed by atoms with Gasteiger partial charge < -0.3 is 20.4 Å². The zero-order chi connectivity index (χ0) is 26.3. The van der Waals surface area contributed by atoms with Gasteiger partial charge in [-0.3, -0.25) is 9.69 Å². The molecule has 2 atom stereocenters. The van der Waals surface area contributed by atoms with E-state index in [1.807, 2.05) is 0 Å².